The van der Waals surface area contributed by atoms with Crippen molar-refractivity contribution in [3.63, 3.8) is 0 Å². The van der Waals surface area contributed by atoms with E-state index in [9.17, 15) is 22.8 Å². The first-order valence-electron chi connectivity index (χ1n) is 11.8. The van der Waals surface area contributed by atoms with Crippen molar-refractivity contribution < 1.29 is 32.7 Å². The number of alkyl halides is 3. The second-order valence-corrected chi connectivity index (χ2v) is 9.06. The molecule has 0 unspecified atom stereocenters. The molecule has 0 aliphatic rings. The highest BCUT2D eigenvalue weighted by Gasteiger charge is 2.38. The molecule has 212 valence electrons. The third kappa shape index (κ3) is 7.16. The molecule has 0 radical (unpaired) electrons. The number of hydrogen-bond acceptors (Lipinski definition) is 7. The summed E-state index contributed by atoms with van der Waals surface area (Å²) < 4.78 is 35.3. The molecule has 11 nitrogen and oxygen atoms in total. The van der Waals surface area contributed by atoms with Crippen molar-refractivity contribution in [1.29, 1.82) is 0 Å². The van der Waals surface area contributed by atoms with Gasteiger partial charge in [0, 0.05) is 24.9 Å². The SMILES string of the molecule is CCNC(=O)c1ccc(-n2nnc(C(=O)NCc3nc4ccccc4n3C)c2CSC)cc1.O=C(O)C(F)(F)F. The van der Waals surface area contributed by atoms with Crippen molar-refractivity contribution in [1.82, 2.24) is 35.2 Å². The third-order valence-corrected chi connectivity index (χ3v) is 6.06. The monoisotopic (exact) mass is 577 g/mol. The van der Waals surface area contributed by atoms with E-state index in [1.807, 2.05) is 49.1 Å². The minimum absolute atomic E-state index is 0.131. The van der Waals surface area contributed by atoms with Gasteiger partial charge in [0.15, 0.2) is 5.69 Å². The number of halogens is 3. The highest BCUT2D eigenvalue weighted by atomic mass is 32.2. The van der Waals surface area contributed by atoms with Gasteiger partial charge in [-0.3, -0.25) is 9.59 Å². The van der Waals surface area contributed by atoms with Gasteiger partial charge in [0.05, 0.1) is 29.0 Å². The molecule has 2 aromatic carbocycles. The number of nitrogens with one attached hydrogen (secondary N) is 2. The average Bonchev–Trinajstić information content (AvgIpc) is 3.48. The number of benzene rings is 2. The largest absolute Gasteiger partial charge is 0.490 e. The minimum Gasteiger partial charge on any atom is -0.475 e. The van der Waals surface area contributed by atoms with E-state index in [-0.39, 0.29) is 24.1 Å². The normalized spacial score (nSPS) is 11.1. The maximum Gasteiger partial charge on any atom is 0.490 e. The summed E-state index contributed by atoms with van der Waals surface area (Å²) in [5, 5.41) is 21.2. The lowest BCUT2D eigenvalue weighted by atomic mass is 10.2. The van der Waals surface area contributed by atoms with E-state index in [0.717, 1.165) is 22.5 Å². The Labute approximate surface area is 230 Å². The predicted molar refractivity (Wildman–Crippen MR) is 142 cm³/mol. The number of aryl methyl sites for hydroxylation is 1. The molecule has 3 N–H and O–H groups in total. The minimum atomic E-state index is -5.08. The van der Waals surface area contributed by atoms with Crippen molar-refractivity contribution in [2.45, 2.75) is 25.4 Å². The zero-order valence-electron chi connectivity index (χ0n) is 21.7. The summed E-state index contributed by atoms with van der Waals surface area (Å²) >= 11 is 1.57. The Morgan fingerprint density at radius 3 is 2.25 bits per heavy atom. The third-order valence-electron chi connectivity index (χ3n) is 5.50. The molecule has 0 bridgehead atoms. The van der Waals surface area contributed by atoms with Crippen LogP contribution >= 0.6 is 11.8 Å². The molecule has 0 spiro atoms. The van der Waals surface area contributed by atoms with Crippen LogP contribution < -0.4 is 10.6 Å². The summed E-state index contributed by atoms with van der Waals surface area (Å²) in [6, 6.07) is 14.9. The van der Waals surface area contributed by atoms with Crippen molar-refractivity contribution in [3.05, 3.63) is 71.3 Å². The fourth-order valence-electron chi connectivity index (χ4n) is 3.56. The number of carbonyl (C=O) groups excluding carboxylic acids is 2. The lowest BCUT2D eigenvalue weighted by Crippen LogP contribution is -2.26. The molecule has 0 saturated heterocycles. The van der Waals surface area contributed by atoms with Crippen LogP contribution in [0.3, 0.4) is 0 Å². The van der Waals surface area contributed by atoms with Gasteiger partial charge in [-0.15, -0.1) is 5.10 Å². The second kappa shape index (κ2) is 13.1. The summed E-state index contributed by atoms with van der Waals surface area (Å²) in [5.41, 5.74) is 4.15. The zero-order valence-corrected chi connectivity index (χ0v) is 22.5. The molecule has 4 rings (SSSR count). The Morgan fingerprint density at radius 1 is 1.02 bits per heavy atom. The molecule has 40 heavy (non-hydrogen) atoms. The van der Waals surface area contributed by atoms with E-state index in [2.05, 4.69) is 25.9 Å². The van der Waals surface area contributed by atoms with Crippen LogP contribution in [0.1, 0.15) is 39.3 Å². The quantitative estimate of drug-likeness (QED) is 0.289. The second-order valence-electron chi connectivity index (χ2n) is 8.20. The van der Waals surface area contributed by atoms with Gasteiger partial charge in [-0.1, -0.05) is 17.3 Å². The zero-order chi connectivity index (χ0) is 29.4. The average molecular weight is 578 g/mol. The molecule has 0 saturated carbocycles. The number of imidazole rings is 1. The van der Waals surface area contributed by atoms with E-state index in [1.54, 1.807) is 40.7 Å². The fourth-order valence-corrected chi connectivity index (χ4v) is 4.10. The molecule has 0 fully saturated rings. The molecular weight excluding hydrogens is 551 g/mol. The molecule has 0 atom stereocenters. The standard InChI is InChI=1S/C23H25N7O2S.C2HF3O2/c1-4-24-22(31)15-9-11-16(12-10-15)30-19(14-33-3)21(27-28-30)23(32)25-13-20-26-17-7-5-6-8-18(17)29(20)2;3-2(4,5)1(6)7/h5-12H,4,13-14H2,1-3H3,(H,24,31)(H,25,32);(H,6,7). The van der Waals surface area contributed by atoms with Crippen LogP contribution in [0.5, 0.6) is 0 Å². The van der Waals surface area contributed by atoms with E-state index in [0.29, 0.717) is 23.6 Å². The number of aliphatic carboxylic acids is 1. The number of carbonyl (C=O) groups is 3. The Kier molecular flexibility index (Phi) is 9.87. The molecule has 2 aromatic heterocycles. The van der Waals surface area contributed by atoms with Gasteiger partial charge < -0.3 is 20.3 Å². The van der Waals surface area contributed by atoms with Crippen LogP contribution in [0.2, 0.25) is 0 Å². The first-order valence-corrected chi connectivity index (χ1v) is 13.2. The first kappa shape index (κ1) is 30.1. The van der Waals surface area contributed by atoms with E-state index in [4.69, 9.17) is 9.90 Å². The number of nitrogens with zero attached hydrogens (tertiary/aromatic N) is 5. The number of amides is 2. The maximum atomic E-state index is 13.0. The summed E-state index contributed by atoms with van der Waals surface area (Å²) in [4.78, 5) is 38.5. The first-order chi connectivity index (χ1) is 19.0. The maximum absolute atomic E-state index is 13.0. The fraction of sp³-hybridized carbons (Fsp3) is 0.280. The summed E-state index contributed by atoms with van der Waals surface area (Å²) in [6.45, 7) is 2.71. The van der Waals surface area contributed by atoms with Crippen molar-refractivity contribution in [2.24, 2.45) is 7.05 Å². The summed E-state index contributed by atoms with van der Waals surface area (Å²) in [6.07, 6.45) is -3.13. The van der Waals surface area contributed by atoms with Crippen LogP contribution in [0, 0.1) is 0 Å². The number of thioether (sulfide) groups is 1. The van der Waals surface area contributed by atoms with Gasteiger partial charge in [-0.25, -0.2) is 14.5 Å². The van der Waals surface area contributed by atoms with Crippen LogP contribution in [-0.2, 0) is 24.1 Å². The van der Waals surface area contributed by atoms with Gasteiger partial charge in [-0.05, 0) is 49.6 Å². The molecule has 2 heterocycles. The topological polar surface area (TPSA) is 144 Å². The smallest absolute Gasteiger partial charge is 0.475 e. The Bertz CT molecular complexity index is 1500. The predicted octanol–water partition coefficient (Wildman–Crippen LogP) is 3.33. The van der Waals surface area contributed by atoms with E-state index < -0.39 is 12.1 Å². The number of carboxylic acids is 1. The molecule has 4 aromatic rings. The lowest BCUT2D eigenvalue weighted by molar-refractivity contribution is -0.192. The van der Waals surface area contributed by atoms with Crippen LogP contribution in [0.25, 0.3) is 16.7 Å². The van der Waals surface area contributed by atoms with Crippen molar-refractivity contribution in [3.8, 4) is 5.69 Å². The van der Waals surface area contributed by atoms with Gasteiger partial charge in [-0.2, -0.15) is 24.9 Å². The van der Waals surface area contributed by atoms with Crippen LogP contribution in [0.15, 0.2) is 48.5 Å². The number of aromatic nitrogens is 5. The van der Waals surface area contributed by atoms with Crippen molar-refractivity contribution in [2.75, 3.05) is 12.8 Å². The van der Waals surface area contributed by atoms with Gasteiger partial charge in [0.25, 0.3) is 11.8 Å². The van der Waals surface area contributed by atoms with Crippen LogP contribution in [0.4, 0.5) is 13.2 Å². The van der Waals surface area contributed by atoms with Gasteiger partial charge >= 0.3 is 12.1 Å². The molecular formula is C25H26F3N7O4S. The Balaban J connectivity index is 0.000000559. The molecule has 0 aliphatic heterocycles. The van der Waals surface area contributed by atoms with E-state index in [1.165, 1.54) is 0 Å². The summed E-state index contributed by atoms with van der Waals surface area (Å²) in [7, 11) is 1.93. The highest BCUT2D eigenvalue weighted by Crippen LogP contribution is 2.19. The van der Waals surface area contributed by atoms with E-state index >= 15 is 0 Å². The van der Waals surface area contributed by atoms with Crippen LogP contribution in [-0.4, -0.2) is 66.4 Å². The number of carboxylic acid groups (broad SMARTS) is 1. The van der Waals surface area contributed by atoms with Crippen molar-refractivity contribution >= 4 is 40.6 Å². The molecule has 15 heteroatoms. The molecule has 2 amide bonds. The Hall–Kier alpha value is -4.40. The number of hydrogen-bond donors (Lipinski definition) is 3. The van der Waals surface area contributed by atoms with Gasteiger partial charge in [0.2, 0.25) is 0 Å². The summed E-state index contributed by atoms with van der Waals surface area (Å²) in [5.74, 6) is -1.89. The van der Waals surface area contributed by atoms with Gasteiger partial charge in [0.1, 0.15) is 5.82 Å². The molecule has 0 aliphatic carbocycles. The number of para-hydroxylation sites is 2. The highest BCUT2D eigenvalue weighted by molar-refractivity contribution is 7.97. The lowest BCUT2D eigenvalue weighted by Gasteiger charge is -2.09. The number of fused-ring (bicyclic) bond motifs is 1. The Morgan fingerprint density at radius 2 is 1.68 bits per heavy atom. The number of rotatable bonds is 8.